The van der Waals surface area contributed by atoms with E-state index < -0.39 is 10.0 Å². The van der Waals surface area contributed by atoms with Crippen molar-refractivity contribution in [2.24, 2.45) is 0 Å². The zero-order valence-corrected chi connectivity index (χ0v) is 15.9. The van der Waals surface area contributed by atoms with Crippen LogP contribution < -0.4 is 10.0 Å². The second-order valence-electron chi connectivity index (χ2n) is 6.30. The second-order valence-corrected chi connectivity index (χ2v) is 8.04. The van der Waals surface area contributed by atoms with Crippen molar-refractivity contribution in [3.8, 4) is 11.3 Å². The van der Waals surface area contributed by atoms with Gasteiger partial charge in [0.2, 0.25) is 10.0 Å². The summed E-state index contributed by atoms with van der Waals surface area (Å²) in [6.07, 6.45) is 6.34. The molecule has 3 aromatic heterocycles. The molecule has 3 heterocycles. The minimum absolute atomic E-state index is 0.488. The highest BCUT2D eigenvalue weighted by molar-refractivity contribution is 7.92. The fraction of sp³-hybridized carbons (Fsp3) is 0.105. The molecule has 4 aromatic rings. The molecule has 0 unspecified atom stereocenters. The van der Waals surface area contributed by atoms with Crippen LogP contribution in [0.3, 0.4) is 0 Å². The number of rotatable bonds is 6. The van der Waals surface area contributed by atoms with E-state index in [0.29, 0.717) is 23.7 Å². The highest BCUT2D eigenvalue weighted by Crippen LogP contribution is 2.24. The Hall–Kier alpha value is -3.46. The number of hydrogen-bond donors (Lipinski definition) is 2. The van der Waals surface area contributed by atoms with E-state index in [-0.39, 0.29) is 0 Å². The normalized spacial score (nSPS) is 11.5. The van der Waals surface area contributed by atoms with E-state index in [1.807, 2.05) is 30.3 Å². The molecule has 0 aliphatic carbocycles. The van der Waals surface area contributed by atoms with Crippen LogP contribution in [0, 0.1) is 0 Å². The van der Waals surface area contributed by atoms with Crippen LogP contribution in [0.1, 0.15) is 5.56 Å². The maximum Gasteiger partial charge on any atom is 0.229 e. The summed E-state index contributed by atoms with van der Waals surface area (Å²) in [7, 11) is -3.35. The molecule has 0 radical (unpaired) electrons. The third kappa shape index (κ3) is 4.09. The lowest BCUT2D eigenvalue weighted by atomic mass is 10.1. The van der Waals surface area contributed by atoms with E-state index in [1.54, 1.807) is 41.3 Å². The predicted octanol–water partition coefficient (Wildman–Crippen LogP) is 2.77. The largest absolute Gasteiger partial charge is 0.365 e. The van der Waals surface area contributed by atoms with E-state index in [2.05, 4.69) is 25.1 Å². The highest BCUT2D eigenvalue weighted by Gasteiger charge is 2.10. The lowest BCUT2D eigenvalue weighted by Gasteiger charge is -2.08. The summed E-state index contributed by atoms with van der Waals surface area (Å²) in [5, 5.41) is 7.90. The van der Waals surface area contributed by atoms with Crippen LogP contribution >= 0.6 is 0 Å². The molecule has 0 amide bonds. The Bertz CT molecular complexity index is 1220. The van der Waals surface area contributed by atoms with Gasteiger partial charge < -0.3 is 5.32 Å². The zero-order chi connectivity index (χ0) is 19.6. The van der Waals surface area contributed by atoms with Crippen LogP contribution in [0.15, 0.2) is 67.1 Å². The number of hydrogen-bond acceptors (Lipinski definition) is 6. The zero-order valence-electron chi connectivity index (χ0n) is 15.1. The van der Waals surface area contributed by atoms with Gasteiger partial charge in [-0.1, -0.05) is 12.1 Å². The van der Waals surface area contributed by atoms with E-state index >= 15 is 0 Å². The maximum atomic E-state index is 11.5. The third-order valence-corrected chi connectivity index (χ3v) is 4.65. The van der Waals surface area contributed by atoms with Gasteiger partial charge in [0.05, 0.1) is 18.1 Å². The monoisotopic (exact) mass is 394 g/mol. The Morgan fingerprint density at radius 2 is 1.89 bits per heavy atom. The molecule has 0 aliphatic rings. The van der Waals surface area contributed by atoms with Gasteiger partial charge in [0, 0.05) is 30.2 Å². The Morgan fingerprint density at radius 1 is 1.07 bits per heavy atom. The van der Waals surface area contributed by atoms with Crippen LogP contribution in [0.4, 0.5) is 11.5 Å². The number of imidazole rings is 1. The Morgan fingerprint density at radius 3 is 2.68 bits per heavy atom. The summed E-state index contributed by atoms with van der Waals surface area (Å²) in [4.78, 5) is 8.39. The first-order chi connectivity index (χ1) is 13.5. The van der Waals surface area contributed by atoms with Crippen LogP contribution in [-0.2, 0) is 16.6 Å². The van der Waals surface area contributed by atoms with Gasteiger partial charge in [0.1, 0.15) is 5.82 Å². The smallest absolute Gasteiger partial charge is 0.229 e. The molecule has 2 N–H and O–H groups in total. The lowest BCUT2D eigenvalue weighted by molar-refractivity contribution is 0.607. The number of aromatic nitrogens is 4. The van der Waals surface area contributed by atoms with Crippen LogP contribution in [0.5, 0.6) is 0 Å². The van der Waals surface area contributed by atoms with E-state index in [9.17, 15) is 8.42 Å². The van der Waals surface area contributed by atoms with Crippen LogP contribution in [0.25, 0.3) is 16.9 Å². The van der Waals surface area contributed by atoms with Crippen molar-refractivity contribution in [1.29, 1.82) is 0 Å². The van der Waals surface area contributed by atoms with Gasteiger partial charge in [0.15, 0.2) is 5.65 Å². The molecule has 8 nitrogen and oxygen atoms in total. The predicted molar refractivity (Wildman–Crippen MR) is 108 cm³/mol. The number of nitrogens with one attached hydrogen (secondary N) is 2. The molecule has 4 rings (SSSR count). The number of nitrogens with zero attached hydrogens (tertiary/aromatic N) is 4. The van der Waals surface area contributed by atoms with Crippen molar-refractivity contribution in [2.45, 2.75) is 6.54 Å². The van der Waals surface area contributed by atoms with Gasteiger partial charge in [-0.25, -0.2) is 17.9 Å². The standard InChI is InChI=1S/C19H18N6O2S/c1-28(26,27)24-16-4-2-3-15(11-16)17-13-22-19-6-5-18(23-25(17)19)21-12-14-7-9-20-10-8-14/h2-11,13,24H,12H2,1H3,(H,21,23). The first kappa shape index (κ1) is 17.9. The van der Waals surface area contributed by atoms with Crippen molar-refractivity contribution >= 4 is 27.2 Å². The maximum absolute atomic E-state index is 11.5. The molecular formula is C19H18N6O2S. The first-order valence-electron chi connectivity index (χ1n) is 8.54. The van der Waals surface area contributed by atoms with E-state index in [1.165, 1.54) is 0 Å². The van der Waals surface area contributed by atoms with Crippen molar-refractivity contribution in [2.75, 3.05) is 16.3 Å². The number of anilines is 2. The molecule has 142 valence electrons. The topological polar surface area (TPSA) is 101 Å². The molecule has 0 saturated heterocycles. The Kier molecular flexibility index (Phi) is 4.66. The van der Waals surface area contributed by atoms with Gasteiger partial charge in [-0.05, 0) is 42.0 Å². The summed E-state index contributed by atoms with van der Waals surface area (Å²) >= 11 is 0. The minimum Gasteiger partial charge on any atom is -0.365 e. The molecule has 0 aliphatic heterocycles. The average molecular weight is 394 g/mol. The number of fused-ring (bicyclic) bond motifs is 1. The molecule has 0 saturated carbocycles. The fourth-order valence-electron chi connectivity index (χ4n) is 2.81. The number of benzene rings is 1. The molecule has 0 bridgehead atoms. The highest BCUT2D eigenvalue weighted by atomic mass is 32.2. The summed E-state index contributed by atoms with van der Waals surface area (Å²) in [5.74, 6) is 0.703. The summed E-state index contributed by atoms with van der Waals surface area (Å²) < 4.78 is 27.2. The summed E-state index contributed by atoms with van der Waals surface area (Å²) in [6.45, 7) is 0.624. The molecule has 9 heteroatoms. The van der Waals surface area contributed by atoms with Gasteiger partial charge in [-0.3, -0.25) is 9.71 Å². The third-order valence-electron chi connectivity index (χ3n) is 4.05. The van der Waals surface area contributed by atoms with Crippen molar-refractivity contribution in [3.63, 3.8) is 0 Å². The first-order valence-corrected chi connectivity index (χ1v) is 10.4. The lowest BCUT2D eigenvalue weighted by Crippen LogP contribution is -2.09. The summed E-state index contributed by atoms with van der Waals surface area (Å²) in [6, 6.07) is 14.7. The van der Waals surface area contributed by atoms with Gasteiger partial charge in [-0.15, -0.1) is 5.10 Å². The second kappa shape index (κ2) is 7.28. The van der Waals surface area contributed by atoms with Gasteiger partial charge in [0.25, 0.3) is 0 Å². The molecular weight excluding hydrogens is 376 g/mol. The van der Waals surface area contributed by atoms with Crippen molar-refractivity contribution < 1.29 is 8.42 Å². The quantitative estimate of drug-likeness (QED) is 0.521. The van der Waals surface area contributed by atoms with Crippen LogP contribution in [-0.4, -0.2) is 34.3 Å². The van der Waals surface area contributed by atoms with Gasteiger partial charge >= 0.3 is 0 Å². The SMILES string of the molecule is CS(=O)(=O)Nc1cccc(-c2cnc3ccc(NCc4ccncc4)nn23)c1. The van der Waals surface area contributed by atoms with Crippen LogP contribution in [0.2, 0.25) is 0 Å². The van der Waals surface area contributed by atoms with Crippen molar-refractivity contribution in [3.05, 3.63) is 72.7 Å². The average Bonchev–Trinajstić information content (AvgIpc) is 3.09. The van der Waals surface area contributed by atoms with Crippen molar-refractivity contribution in [1.82, 2.24) is 19.6 Å². The molecule has 0 atom stereocenters. The summed E-state index contributed by atoms with van der Waals surface area (Å²) in [5.41, 5.74) is 3.86. The fourth-order valence-corrected chi connectivity index (χ4v) is 3.37. The molecule has 1 aromatic carbocycles. The number of sulfonamides is 1. The Labute approximate surface area is 162 Å². The number of pyridine rings is 1. The Balaban J connectivity index is 1.64. The van der Waals surface area contributed by atoms with Gasteiger partial charge in [-0.2, -0.15) is 0 Å². The minimum atomic E-state index is -3.35. The molecule has 0 spiro atoms. The molecule has 28 heavy (non-hydrogen) atoms. The van der Waals surface area contributed by atoms with E-state index in [4.69, 9.17) is 0 Å². The molecule has 0 fully saturated rings. The van der Waals surface area contributed by atoms with E-state index in [0.717, 1.165) is 23.1 Å².